The van der Waals surface area contributed by atoms with Gasteiger partial charge in [-0.1, -0.05) is 18.2 Å². The molecule has 7 nitrogen and oxygen atoms in total. The van der Waals surface area contributed by atoms with Gasteiger partial charge in [0.25, 0.3) is 0 Å². The molecule has 0 amide bonds. The van der Waals surface area contributed by atoms with E-state index in [1.54, 1.807) is 0 Å². The molecule has 0 aromatic heterocycles. The third-order valence-corrected chi connectivity index (χ3v) is 9.13. The van der Waals surface area contributed by atoms with Crippen molar-refractivity contribution in [2.45, 2.75) is 77.8 Å². The summed E-state index contributed by atoms with van der Waals surface area (Å²) in [6.45, 7) is 16.5. The van der Waals surface area contributed by atoms with E-state index in [0.717, 1.165) is 51.0 Å². The molecule has 200 valence electrons. The molecule has 0 aliphatic carbocycles. The minimum Gasteiger partial charge on any atom is -0.453 e. The molecule has 0 N–H and O–H groups in total. The van der Waals surface area contributed by atoms with Crippen LogP contribution in [-0.2, 0) is 18.6 Å². The first-order valence-electron chi connectivity index (χ1n) is 13.5. The Bertz CT molecular complexity index is 1380. The third-order valence-electron chi connectivity index (χ3n) is 9.13. The Morgan fingerprint density at radius 2 is 0.897 bits per heavy atom. The fraction of sp³-hybridized carbons (Fsp3) is 0.400. The zero-order valence-electron chi connectivity index (χ0n) is 23.7. The second kappa shape index (κ2) is 7.82. The van der Waals surface area contributed by atoms with E-state index >= 15 is 0 Å². The van der Waals surface area contributed by atoms with E-state index in [2.05, 4.69) is 72.4 Å². The van der Waals surface area contributed by atoms with Crippen molar-refractivity contribution < 1.29 is 28.1 Å². The molecule has 0 radical (unpaired) electrons. The number of para-hydroxylation sites is 1. The van der Waals surface area contributed by atoms with Crippen LogP contribution in [-0.4, -0.2) is 36.6 Å². The number of benzene rings is 3. The Kier molecular flexibility index (Phi) is 5.02. The van der Waals surface area contributed by atoms with E-state index in [-0.39, 0.29) is 0 Å². The third kappa shape index (κ3) is 3.60. The lowest BCUT2D eigenvalue weighted by atomic mass is 9.78. The molecule has 4 aliphatic heterocycles. The summed E-state index contributed by atoms with van der Waals surface area (Å²) in [7, 11) is -0.952. The van der Waals surface area contributed by atoms with Gasteiger partial charge in [-0.05, 0) is 103 Å². The van der Waals surface area contributed by atoms with Crippen LogP contribution in [0.5, 0.6) is 23.0 Å². The van der Waals surface area contributed by atoms with Gasteiger partial charge in [0, 0.05) is 0 Å². The topological polar surface area (TPSA) is 58.6 Å². The summed E-state index contributed by atoms with van der Waals surface area (Å²) >= 11 is 0. The molecule has 7 rings (SSSR count). The average molecular weight is 525 g/mol. The zero-order chi connectivity index (χ0) is 27.5. The van der Waals surface area contributed by atoms with Crippen LogP contribution in [0.2, 0.25) is 0 Å². The SMILES string of the molecule is CC1(C)OB(c2ccc3c(c2)Oc2cccc4c2N3c2ccc(B3OC(C)(C)C(C)(C)O3)cc2O4)OC1(C)C. The number of anilines is 3. The van der Waals surface area contributed by atoms with Crippen molar-refractivity contribution in [3.8, 4) is 23.0 Å². The van der Waals surface area contributed by atoms with Gasteiger partial charge in [0.2, 0.25) is 0 Å². The minimum atomic E-state index is -0.476. The molecule has 0 spiro atoms. The van der Waals surface area contributed by atoms with E-state index in [4.69, 9.17) is 28.1 Å². The Morgan fingerprint density at radius 3 is 1.28 bits per heavy atom. The van der Waals surface area contributed by atoms with Gasteiger partial charge < -0.3 is 28.1 Å². The summed E-state index contributed by atoms with van der Waals surface area (Å²) in [5.41, 5.74) is 2.85. The second-order valence-electron chi connectivity index (χ2n) is 12.8. The van der Waals surface area contributed by atoms with Crippen LogP contribution in [0.15, 0.2) is 54.6 Å². The van der Waals surface area contributed by atoms with Gasteiger partial charge in [-0.25, -0.2) is 0 Å². The van der Waals surface area contributed by atoms with E-state index in [9.17, 15) is 0 Å². The van der Waals surface area contributed by atoms with Gasteiger partial charge in [-0.3, -0.25) is 4.90 Å². The summed E-state index contributed by atoms with van der Waals surface area (Å²) in [6.07, 6.45) is 0. The number of nitrogens with zero attached hydrogens (tertiary/aromatic N) is 1. The number of ether oxygens (including phenoxy) is 2. The Labute approximate surface area is 230 Å². The molecule has 3 aromatic carbocycles. The van der Waals surface area contributed by atoms with Gasteiger partial charge in [0.05, 0.1) is 33.8 Å². The van der Waals surface area contributed by atoms with Crippen LogP contribution in [0.1, 0.15) is 55.4 Å². The largest absolute Gasteiger partial charge is 0.494 e. The van der Waals surface area contributed by atoms with Gasteiger partial charge >= 0.3 is 14.2 Å². The van der Waals surface area contributed by atoms with Crippen LogP contribution in [0.4, 0.5) is 17.1 Å². The summed E-state index contributed by atoms with van der Waals surface area (Å²) in [4.78, 5) is 2.20. The van der Waals surface area contributed by atoms with Gasteiger partial charge in [-0.15, -0.1) is 0 Å². The molecule has 9 heteroatoms. The molecule has 0 saturated carbocycles. The number of rotatable bonds is 2. The lowest BCUT2D eigenvalue weighted by molar-refractivity contribution is 0.00578. The van der Waals surface area contributed by atoms with Crippen molar-refractivity contribution in [2.24, 2.45) is 0 Å². The molecule has 4 aliphatic rings. The van der Waals surface area contributed by atoms with Gasteiger partial charge in [-0.2, -0.15) is 0 Å². The van der Waals surface area contributed by atoms with E-state index in [1.165, 1.54) is 0 Å². The van der Waals surface area contributed by atoms with E-state index in [1.807, 2.05) is 42.5 Å². The van der Waals surface area contributed by atoms with Gasteiger partial charge in [0.15, 0.2) is 23.0 Å². The Hall–Kier alpha value is -2.97. The van der Waals surface area contributed by atoms with Crippen molar-refractivity contribution >= 4 is 42.2 Å². The molecule has 0 bridgehead atoms. The summed E-state index contributed by atoms with van der Waals surface area (Å²) in [5.74, 6) is 2.92. The fourth-order valence-electron chi connectivity index (χ4n) is 5.34. The normalized spacial score (nSPS) is 22.5. The lowest BCUT2D eigenvalue weighted by Crippen LogP contribution is -2.41. The number of hydrogen-bond donors (Lipinski definition) is 0. The lowest BCUT2D eigenvalue weighted by Gasteiger charge is -2.38. The quantitative estimate of drug-likeness (QED) is 0.264. The highest BCUT2D eigenvalue weighted by Gasteiger charge is 2.53. The van der Waals surface area contributed by atoms with E-state index < -0.39 is 36.6 Å². The molecule has 3 aromatic rings. The van der Waals surface area contributed by atoms with Crippen LogP contribution in [0.25, 0.3) is 0 Å². The van der Waals surface area contributed by atoms with Crippen molar-refractivity contribution in [3.63, 3.8) is 0 Å². The Balaban J connectivity index is 1.28. The molecule has 0 unspecified atom stereocenters. The molecule has 2 fully saturated rings. The zero-order valence-corrected chi connectivity index (χ0v) is 23.7. The smallest absolute Gasteiger partial charge is 0.453 e. The molecule has 2 saturated heterocycles. The van der Waals surface area contributed by atoms with Gasteiger partial charge in [0.1, 0.15) is 5.69 Å². The highest BCUT2D eigenvalue weighted by atomic mass is 16.7. The first-order valence-corrected chi connectivity index (χ1v) is 13.5. The van der Waals surface area contributed by atoms with Crippen molar-refractivity contribution in [3.05, 3.63) is 54.6 Å². The summed E-state index contributed by atoms with van der Waals surface area (Å²) in [5, 5.41) is 0. The highest BCUT2D eigenvalue weighted by Crippen LogP contribution is 2.59. The van der Waals surface area contributed by atoms with Crippen molar-refractivity contribution in [1.82, 2.24) is 0 Å². The maximum atomic E-state index is 6.42. The van der Waals surface area contributed by atoms with E-state index in [0.29, 0.717) is 0 Å². The summed E-state index contributed by atoms with van der Waals surface area (Å²) in [6, 6.07) is 18.1. The first-order chi connectivity index (χ1) is 18.3. The molecule has 4 heterocycles. The molecular formula is C30H33B2NO6. The number of hydrogen-bond acceptors (Lipinski definition) is 7. The molecule has 0 atom stereocenters. The Morgan fingerprint density at radius 1 is 0.513 bits per heavy atom. The molecule has 39 heavy (non-hydrogen) atoms. The maximum Gasteiger partial charge on any atom is 0.494 e. The average Bonchev–Trinajstić information content (AvgIpc) is 3.22. The second-order valence-corrected chi connectivity index (χ2v) is 12.8. The van der Waals surface area contributed by atoms with Crippen molar-refractivity contribution in [2.75, 3.05) is 4.90 Å². The predicted octanol–water partition coefficient (Wildman–Crippen LogP) is 5.97. The van der Waals surface area contributed by atoms with Crippen LogP contribution in [0, 0.1) is 0 Å². The van der Waals surface area contributed by atoms with Crippen molar-refractivity contribution in [1.29, 1.82) is 0 Å². The van der Waals surface area contributed by atoms with Crippen LogP contribution >= 0.6 is 0 Å². The first kappa shape index (κ1) is 25.0. The fourth-order valence-corrected chi connectivity index (χ4v) is 5.34. The standard InChI is InChI=1S/C30H33B2NO6/c1-27(2)28(3,4)37-31(36-27)18-12-14-20-24(16-18)34-22-10-9-11-23-26(22)33(20)21-15-13-19(17-25(21)35-23)32-38-29(5,6)30(7,8)39-32/h9-17H,1-8H3. The van der Waals surface area contributed by atoms with Crippen LogP contribution in [0.3, 0.4) is 0 Å². The number of fused-ring (bicyclic) bond motifs is 4. The highest BCUT2D eigenvalue weighted by molar-refractivity contribution is 6.62. The monoisotopic (exact) mass is 525 g/mol. The maximum absolute atomic E-state index is 6.42. The summed E-state index contributed by atoms with van der Waals surface area (Å²) < 4.78 is 38.1. The molecular weight excluding hydrogens is 492 g/mol. The predicted molar refractivity (Wildman–Crippen MR) is 153 cm³/mol. The minimum absolute atomic E-state index is 0.423. The van der Waals surface area contributed by atoms with Crippen LogP contribution < -0.4 is 25.3 Å².